The fraction of sp³-hybridized carbons (Fsp3) is 0.154. The highest BCUT2D eigenvalue weighted by atomic mass is 16.6. The summed E-state index contributed by atoms with van der Waals surface area (Å²) < 4.78 is 4.94. The summed E-state index contributed by atoms with van der Waals surface area (Å²) in [6.07, 6.45) is 0.253. The standard InChI is InChI=1S/C13H13NO5/c1-3-11(15)14-8(2)19-13(18)10-6-4-9(5-7-10)12(16)17/h3-8H,1H2,2H3,(H,14,15)(H,16,17). The van der Waals surface area contributed by atoms with Crippen molar-refractivity contribution in [2.45, 2.75) is 13.2 Å². The predicted molar refractivity (Wildman–Crippen MR) is 66.6 cm³/mol. The molecule has 1 amide bonds. The average Bonchev–Trinajstić information content (AvgIpc) is 2.38. The van der Waals surface area contributed by atoms with Crippen LogP contribution in [0.15, 0.2) is 36.9 Å². The zero-order valence-corrected chi connectivity index (χ0v) is 10.3. The van der Waals surface area contributed by atoms with Crippen LogP contribution in [0.25, 0.3) is 0 Å². The van der Waals surface area contributed by atoms with Crippen LogP contribution in [0, 0.1) is 0 Å². The van der Waals surface area contributed by atoms with E-state index < -0.39 is 24.1 Å². The number of carbonyl (C=O) groups is 3. The molecular weight excluding hydrogens is 250 g/mol. The lowest BCUT2D eigenvalue weighted by atomic mass is 10.1. The van der Waals surface area contributed by atoms with Gasteiger partial charge in [-0.15, -0.1) is 0 Å². The minimum atomic E-state index is -1.08. The number of ether oxygens (including phenoxy) is 1. The highest BCUT2D eigenvalue weighted by molar-refractivity contribution is 5.93. The third kappa shape index (κ3) is 4.27. The van der Waals surface area contributed by atoms with Crippen LogP contribution < -0.4 is 5.32 Å². The van der Waals surface area contributed by atoms with Crippen molar-refractivity contribution < 1.29 is 24.2 Å². The molecule has 0 saturated heterocycles. The average molecular weight is 263 g/mol. The lowest BCUT2D eigenvalue weighted by Crippen LogP contribution is -2.34. The van der Waals surface area contributed by atoms with Crippen molar-refractivity contribution in [2.24, 2.45) is 0 Å². The van der Waals surface area contributed by atoms with Crippen LogP contribution in [0.5, 0.6) is 0 Å². The summed E-state index contributed by atoms with van der Waals surface area (Å²) in [5, 5.41) is 11.1. The first-order valence-electron chi connectivity index (χ1n) is 5.41. The van der Waals surface area contributed by atoms with Gasteiger partial charge in [-0.1, -0.05) is 6.58 Å². The first-order valence-corrected chi connectivity index (χ1v) is 5.41. The van der Waals surface area contributed by atoms with Crippen molar-refractivity contribution in [1.29, 1.82) is 0 Å². The SMILES string of the molecule is C=CC(=O)NC(C)OC(=O)c1ccc(C(=O)O)cc1. The van der Waals surface area contributed by atoms with Gasteiger partial charge in [0, 0.05) is 0 Å². The second-order valence-corrected chi connectivity index (χ2v) is 3.64. The molecule has 0 aliphatic heterocycles. The molecule has 1 unspecified atom stereocenters. The Morgan fingerprint density at radius 3 is 2.26 bits per heavy atom. The quantitative estimate of drug-likeness (QED) is 0.473. The number of carboxylic acids is 1. The molecule has 0 saturated carbocycles. The Kier molecular flexibility index (Phi) is 4.82. The van der Waals surface area contributed by atoms with Gasteiger partial charge in [-0.05, 0) is 37.3 Å². The minimum absolute atomic E-state index is 0.0737. The van der Waals surface area contributed by atoms with Gasteiger partial charge in [-0.25, -0.2) is 9.59 Å². The number of rotatable bonds is 5. The summed E-state index contributed by atoms with van der Waals surface area (Å²) in [4.78, 5) is 33.3. The van der Waals surface area contributed by atoms with Crippen molar-refractivity contribution in [3.05, 3.63) is 48.0 Å². The summed E-state index contributed by atoms with van der Waals surface area (Å²) in [6, 6.07) is 5.28. The third-order valence-electron chi connectivity index (χ3n) is 2.18. The Hall–Kier alpha value is -2.63. The highest BCUT2D eigenvalue weighted by Crippen LogP contribution is 2.07. The van der Waals surface area contributed by atoms with Gasteiger partial charge in [-0.3, -0.25) is 4.79 Å². The molecule has 0 heterocycles. The van der Waals surface area contributed by atoms with Crippen LogP contribution in [0.1, 0.15) is 27.6 Å². The first-order chi connectivity index (χ1) is 8.93. The van der Waals surface area contributed by atoms with Crippen LogP contribution in [-0.4, -0.2) is 29.2 Å². The van der Waals surface area contributed by atoms with Crippen LogP contribution in [-0.2, 0) is 9.53 Å². The summed E-state index contributed by atoms with van der Waals surface area (Å²) >= 11 is 0. The van der Waals surface area contributed by atoms with Gasteiger partial charge in [0.2, 0.25) is 5.91 Å². The summed E-state index contributed by atoms with van der Waals surface area (Å²) in [6.45, 7) is 4.76. The molecule has 100 valence electrons. The van der Waals surface area contributed by atoms with Gasteiger partial charge in [-0.2, -0.15) is 0 Å². The molecule has 0 aliphatic rings. The number of benzene rings is 1. The molecule has 0 spiro atoms. The predicted octanol–water partition coefficient (Wildman–Crippen LogP) is 1.19. The maximum absolute atomic E-state index is 11.7. The summed E-state index contributed by atoms with van der Waals surface area (Å²) in [7, 11) is 0. The maximum Gasteiger partial charge on any atom is 0.340 e. The van der Waals surface area contributed by atoms with Gasteiger partial charge < -0.3 is 15.2 Å². The van der Waals surface area contributed by atoms with E-state index >= 15 is 0 Å². The number of carbonyl (C=O) groups excluding carboxylic acids is 2. The lowest BCUT2D eigenvalue weighted by Gasteiger charge is -2.13. The van der Waals surface area contributed by atoms with E-state index in [9.17, 15) is 14.4 Å². The molecule has 1 aromatic carbocycles. The van der Waals surface area contributed by atoms with Crippen LogP contribution in [0.4, 0.5) is 0 Å². The molecule has 0 radical (unpaired) electrons. The zero-order chi connectivity index (χ0) is 14.4. The van der Waals surface area contributed by atoms with Crippen molar-refractivity contribution in [2.75, 3.05) is 0 Å². The van der Waals surface area contributed by atoms with Gasteiger partial charge >= 0.3 is 11.9 Å². The molecule has 0 aliphatic carbocycles. The van der Waals surface area contributed by atoms with Crippen LogP contribution in [0.2, 0.25) is 0 Å². The van der Waals surface area contributed by atoms with Crippen molar-refractivity contribution in [3.63, 3.8) is 0 Å². The molecule has 0 aromatic heterocycles. The molecule has 6 nitrogen and oxygen atoms in total. The topological polar surface area (TPSA) is 92.7 Å². The van der Waals surface area contributed by atoms with Crippen molar-refractivity contribution in [3.8, 4) is 0 Å². The number of hydrogen-bond donors (Lipinski definition) is 2. The lowest BCUT2D eigenvalue weighted by molar-refractivity contribution is -0.119. The monoisotopic (exact) mass is 263 g/mol. The first kappa shape index (κ1) is 14.4. The van der Waals surface area contributed by atoms with Crippen molar-refractivity contribution >= 4 is 17.8 Å². The van der Waals surface area contributed by atoms with Crippen LogP contribution in [0.3, 0.4) is 0 Å². The number of nitrogens with one attached hydrogen (secondary N) is 1. The minimum Gasteiger partial charge on any atom is -0.478 e. The largest absolute Gasteiger partial charge is 0.478 e. The number of esters is 1. The molecule has 2 N–H and O–H groups in total. The summed E-state index contributed by atoms with van der Waals surface area (Å²) in [5.74, 6) is -2.19. The van der Waals surface area contributed by atoms with E-state index in [1.54, 1.807) is 0 Å². The number of carboxylic acid groups (broad SMARTS) is 1. The normalized spacial score (nSPS) is 11.2. The number of amides is 1. The molecule has 1 atom stereocenters. The molecule has 19 heavy (non-hydrogen) atoms. The molecule has 1 rings (SSSR count). The molecule has 1 aromatic rings. The third-order valence-corrected chi connectivity index (χ3v) is 2.18. The molecular formula is C13H13NO5. The smallest absolute Gasteiger partial charge is 0.340 e. The Morgan fingerprint density at radius 2 is 1.79 bits per heavy atom. The molecule has 6 heteroatoms. The Bertz CT molecular complexity index is 506. The summed E-state index contributed by atoms with van der Waals surface area (Å²) in [5.41, 5.74) is 0.272. The Balaban J connectivity index is 2.65. The Morgan fingerprint density at radius 1 is 1.26 bits per heavy atom. The van der Waals surface area contributed by atoms with Gasteiger partial charge in [0.05, 0.1) is 11.1 Å². The molecule has 0 bridgehead atoms. The Labute approximate surface area is 109 Å². The van der Waals surface area contributed by atoms with E-state index in [1.807, 2.05) is 0 Å². The highest BCUT2D eigenvalue weighted by Gasteiger charge is 2.13. The fourth-order valence-corrected chi connectivity index (χ4v) is 1.27. The van der Waals surface area contributed by atoms with Gasteiger partial charge in [0.25, 0.3) is 0 Å². The van der Waals surface area contributed by atoms with E-state index in [1.165, 1.54) is 31.2 Å². The van der Waals surface area contributed by atoms with E-state index in [4.69, 9.17) is 9.84 Å². The second kappa shape index (κ2) is 6.34. The van der Waals surface area contributed by atoms with E-state index in [-0.39, 0.29) is 11.1 Å². The van der Waals surface area contributed by atoms with E-state index in [0.717, 1.165) is 6.08 Å². The zero-order valence-electron chi connectivity index (χ0n) is 10.3. The number of hydrogen-bond acceptors (Lipinski definition) is 4. The van der Waals surface area contributed by atoms with Gasteiger partial charge in [0.1, 0.15) is 0 Å². The molecule has 0 fully saturated rings. The van der Waals surface area contributed by atoms with E-state index in [0.29, 0.717) is 0 Å². The van der Waals surface area contributed by atoms with E-state index in [2.05, 4.69) is 11.9 Å². The number of aromatic carboxylic acids is 1. The van der Waals surface area contributed by atoms with Gasteiger partial charge in [0.15, 0.2) is 6.23 Å². The maximum atomic E-state index is 11.7. The van der Waals surface area contributed by atoms with Crippen molar-refractivity contribution in [1.82, 2.24) is 5.32 Å². The van der Waals surface area contributed by atoms with Crippen LogP contribution >= 0.6 is 0 Å². The fourth-order valence-electron chi connectivity index (χ4n) is 1.27. The second-order valence-electron chi connectivity index (χ2n) is 3.64.